The zero-order chi connectivity index (χ0) is 17.2. The Hall–Kier alpha value is -1.62. The summed E-state index contributed by atoms with van der Waals surface area (Å²) in [5.41, 5.74) is 5.47. The second kappa shape index (κ2) is 7.32. The minimum Gasteiger partial charge on any atom is -0.379 e. The van der Waals surface area contributed by atoms with E-state index in [9.17, 15) is 0 Å². The second-order valence-electron chi connectivity index (χ2n) is 7.41. The minimum atomic E-state index is 0.597. The van der Waals surface area contributed by atoms with Crippen molar-refractivity contribution in [2.45, 2.75) is 26.3 Å². The molecule has 4 nitrogen and oxygen atoms in total. The number of H-pyrrole nitrogens is 1. The molecule has 0 radical (unpaired) electrons. The number of nitrogens with zero attached hydrogens (tertiary/aromatic N) is 2. The molecule has 0 spiro atoms. The van der Waals surface area contributed by atoms with Gasteiger partial charge in [0, 0.05) is 60.9 Å². The normalized spacial score (nSPS) is 21.4. The van der Waals surface area contributed by atoms with E-state index >= 15 is 0 Å². The molecule has 0 saturated carbocycles. The van der Waals surface area contributed by atoms with Crippen LogP contribution in [-0.2, 0) is 4.74 Å². The topological polar surface area (TPSA) is 31.5 Å². The maximum atomic E-state index is 5.46. The molecular weight excluding hydrogens is 310 g/mol. The first-order chi connectivity index (χ1) is 12.2. The number of morpholine rings is 1. The van der Waals surface area contributed by atoms with E-state index in [1.165, 1.54) is 27.7 Å². The summed E-state index contributed by atoms with van der Waals surface area (Å²) in [4.78, 5) is 8.69. The standard InChI is InChI=1S/C21H29N3O/c1-16(15-23-11-13-25-14-12-23)24-9-7-18(8-10-24)21-17(2)22-20-6-4-3-5-19(20)21/h3-7,16,22H,8-15H2,1-2H3/t16-/m0/s1. The lowest BCUT2D eigenvalue weighted by Crippen LogP contribution is -2.47. The van der Waals surface area contributed by atoms with Crippen molar-refractivity contribution in [2.75, 3.05) is 45.9 Å². The average Bonchev–Trinajstić information content (AvgIpc) is 2.98. The molecule has 4 heteroatoms. The minimum absolute atomic E-state index is 0.597. The lowest BCUT2D eigenvalue weighted by atomic mass is 9.96. The van der Waals surface area contributed by atoms with E-state index in [1.54, 1.807) is 0 Å². The number of fused-ring (bicyclic) bond motifs is 1. The van der Waals surface area contributed by atoms with Gasteiger partial charge in [-0.2, -0.15) is 0 Å². The number of aromatic amines is 1. The highest BCUT2D eigenvalue weighted by Gasteiger charge is 2.22. The van der Waals surface area contributed by atoms with Crippen LogP contribution in [0.15, 0.2) is 30.3 Å². The Balaban J connectivity index is 1.45. The van der Waals surface area contributed by atoms with Gasteiger partial charge in [0.05, 0.1) is 13.2 Å². The molecule has 2 aromatic rings. The van der Waals surface area contributed by atoms with Gasteiger partial charge in [-0.1, -0.05) is 24.3 Å². The molecule has 134 valence electrons. The van der Waals surface area contributed by atoms with Crippen LogP contribution in [0.25, 0.3) is 16.5 Å². The monoisotopic (exact) mass is 339 g/mol. The third-order valence-corrected chi connectivity index (χ3v) is 5.70. The van der Waals surface area contributed by atoms with E-state index in [1.807, 2.05) is 0 Å². The van der Waals surface area contributed by atoms with Crippen molar-refractivity contribution in [3.05, 3.63) is 41.6 Å². The van der Waals surface area contributed by atoms with Crippen LogP contribution in [0.2, 0.25) is 0 Å². The number of aryl methyl sites for hydroxylation is 1. The van der Waals surface area contributed by atoms with Crippen LogP contribution >= 0.6 is 0 Å². The van der Waals surface area contributed by atoms with Gasteiger partial charge in [0.2, 0.25) is 0 Å². The number of ether oxygens (including phenoxy) is 1. The molecule has 0 aliphatic carbocycles. The van der Waals surface area contributed by atoms with Gasteiger partial charge in [-0.05, 0) is 31.9 Å². The molecule has 25 heavy (non-hydrogen) atoms. The van der Waals surface area contributed by atoms with Gasteiger partial charge in [0.15, 0.2) is 0 Å². The number of nitrogens with one attached hydrogen (secondary N) is 1. The zero-order valence-electron chi connectivity index (χ0n) is 15.4. The Morgan fingerprint density at radius 1 is 1.16 bits per heavy atom. The van der Waals surface area contributed by atoms with Gasteiger partial charge in [0.1, 0.15) is 0 Å². The second-order valence-corrected chi connectivity index (χ2v) is 7.41. The van der Waals surface area contributed by atoms with Gasteiger partial charge in [-0.25, -0.2) is 0 Å². The van der Waals surface area contributed by atoms with Crippen LogP contribution in [0.5, 0.6) is 0 Å². The Labute approximate surface area is 150 Å². The zero-order valence-corrected chi connectivity index (χ0v) is 15.4. The first kappa shape index (κ1) is 16.8. The highest BCUT2D eigenvalue weighted by Crippen LogP contribution is 2.32. The molecule has 1 fully saturated rings. The number of benzene rings is 1. The first-order valence-electron chi connectivity index (χ1n) is 9.53. The van der Waals surface area contributed by atoms with Gasteiger partial charge >= 0.3 is 0 Å². The van der Waals surface area contributed by atoms with Gasteiger partial charge in [-0.15, -0.1) is 0 Å². The molecule has 2 aliphatic heterocycles. The summed E-state index contributed by atoms with van der Waals surface area (Å²) >= 11 is 0. The summed E-state index contributed by atoms with van der Waals surface area (Å²) in [6.07, 6.45) is 3.58. The fourth-order valence-corrected chi connectivity index (χ4v) is 4.28. The Kier molecular flexibility index (Phi) is 4.93. The number of hydrogen-bond donors (Lipinski definition) is 1. The number of rotatable bonds is 4. The van der Waals surface area contributed by atoms with Crippen LogP contribution in [0.1, 0.15) is 24.6 Å². The number of aromatic nitrogens is 1. The Bertz CT molecular complexity index is 758. The summed E-state index contributed by atoms with van der Waals surface area (Å²) in [6, 6.07) is 9.25. The van der Waals surface area contributed by atoms with Crippen molar-refractivity contribution in [3.63, 3.8) is 0 Å². The third-order valence-electron chi connectivity index (χ3n) is 5.70. The van der Waals surface area contributed by atoms with E-state index in [2.05, 4.69) is 59.0 Å². The highest BCUT2D eigenvalue weighted by molar-refractivity contribution is 5.94. The molecule has 1 N–H and O–H groups in total. The maximum absolute atomic E-state index is 5.46. The van der Waals surface area contributed by atoms with Crippen molar-refractivity contribution < 1.29 is 4.74 Å². The molecule has 1 atom stereocenters. The average molecular weight is 339 g/mol. The summed E-state index contributed by atoms with van der Waals surface area (Å²) in [5, 5.41) is 1.36. The molecule has 0 amide bonds. The largest absolute Gasteiger partial charge is 0.379 e. The quantitative estimate of drug-likeness (QED) is 0.927. The summed E-state index contributed by atoms with van der Waals surface area (Å²) in [5.74, 6) is 0. The SMILES string of the molecule is Cc1[nH]c2ccccc2c1C1=CCN([C@@H](C)CN2CCOCC2)CC1. The van der Waals surface area contributed by atoms with Crippen molar-refractivity contribution in [2.24, 2.45) is 0 Å². The molecule has 1 saturated heterocycles. The molecule has 1 aromatic carbocycles. The summed E-state index contributed by atoms with van der Waals surface area (Å²) in [6.45, 7) is 11.8. The summed E-state index contributed by atoms with van der Waals surface area (Å²) in [7, 11) is 0. The van der Waals surface area contributed by atoms with Crippen molar-refractivity contribution in [1.29, 1.82) is 0 Å². The lowest BCUT2D eigenvalue weighted by molar-refractivity contribution is 0.0255. The molecule has 0 bridgehead atoms. The van der Waals surface area contributed by atoms with Crippen LogP contribution in [0, 0.1) is 6.92 Å². The number of hydrogen-bond acceptors (Lipinski definition) is 3. The van der Waals surface area contributed by atoms with Gasteiger partial charge < -0.3 is 9.72 Å². The van der Waals surface area contributed by atoms with E-state index in [0.29, 0.717) is 6.04 Å². The molecule has 4 rings (SSSR count). The molecular formula is C21H29N3O. The van der Waals surface area contributed by atoms with E-state index in [0.717, 1.165) is 52.4 Å². The third kappa shape index (κ3) is 3.52. The van der Waals surface area contributed by atoms with Crippen LogP contribution in [0.3, 0.4) is 0 Å². The molecule has 2 aliphatic rings. The molecule has 1 aromatic heterocycles. The maximum Gasteiger partial charge on any atom is 0.0594 e. The first-order valence-corrected chi connectivity index (χ1v) is 9.53. The fourth-order valence-electron chi connectivity index (χ4n) is 4.28. The van der Waals surface area contributed by atoms with Crippen molar-refractivity contribution in [1.82, 2.24) is 14.8 Å². The summed E-state index contributed by atoms with van der Waals surface area (Å²) < 4.78 is 5.46. The van der Waals surface area contributed by atoms with Gasteiger partial charge in [-0.3, -0.25) is 9.80 Å². The fraction of sp³-hybridized carbons (Fsp3) is 0.524. The molecule has 0 unspecified atom stereocenters. The van der Waals surface area contributed by atoms with Crippen molar-refractivity contribution >= 4 is 16.5 Å². The van der Waals surface area contributed by atoms with E-state index < -0.39 is 0 Å². The van der Waals surface area contributed by atoms with E-state index in [-0.39, 0.29) is 0 Å². The molecule has 3 heterocycles. The predicted octanol–water partition coefficient (Wildman–Crippen LogP) is 3.29. The number of para-hydroxylation sites is 1. The van der Waals surface area contributed by atoms with Crippen LogP contribution < -0.4 is 0 Å². The Morgan fingerprint density at radius 2 is 1.96 bits per heavy atom. The predicted molar refractivity (Wildman–Crippen MR) is 104 cm³/mol. The lowest BCUT2D eigenvalue weighted by Gasteiger charge is -2.36. The van der Waals surface area contributed by atoms with Crippen molar-refractivity contribution in [3.8, 4) is 0 Å². The smallest absolute Gasteiger partial charge is 0.0594 e. The van der Waals surface area contributed by atoms with E-state index in [4.69, 9.17) is 4.74 Å². The highest BCUT2D eigenvalue weighted by atomic mass is 16.5. The van der Waals surface area contributed by atoms with Crippen LogP contribution in [0.4, 0.5) is 0 Å². The van der Waals surface area contributed by atoms with Gasteiger partial charge in [0.25, 0.3) is 0 Å². The Morgan fingerprint density at radius 3 is 2.72 bits per heavy atom. The van der Waals surface area contributed by atoms with Crippen LogP contribution in [-0.4, -0.2) is 66.8 Å².